The zero-order valence-electron chi connectivity index (χ0n) is 9.38. The SMILES string of the molecule is Clc1cccnc1Oc1cc2ccccc2cn1. The monoisotopic (exact) mass is 256 g/mol. The number of halogens is 1. The van der Waals surface area contributed by atoms with Crippen LogP contribution in [0.4, 0.5) is 0 Å². The summed E-state index contributed by atoms with van der Waals surface area (Å²) in [4.78, 5) is 8.28. The predicted octanol–water partition coefficient (Wildman–Crippen LogP) is 4.08. The fourth-order valence-corrected chi connectivity index (χ4v) is 1.82. The van der Waals surface area contributed by atoms with Gasteiger partial charge in [-0.2, -0.15) is 0 Å². The van der Waals surface area contributed by atoms with Gasteiger partial charge in [-0.1, -0.05) is 35.9 Å². The van der Waals surface area contributed by atoms with Gasteiger partial charge in [-0.15, -0.1) is 0 Å². The normalized spacial score (nSPS) is 10.5. The number of pyridine rings is 2. The molecule has 0 saturated carbocycles. The molecular formula is C14H9ClN2O. The molecule has 1 aromatic carbocycles. The molecule has 0 spiro atoms. The van der Waals surface area contributed by atoms with Crippen molar-refractivity contribution in [2.45, 2.75) is 0 Å². The Labute approximate surface area is 109 Å². The van der Waals surface area contributed by atoms with Crippen LogP contribution >= 0.6 is 11.6 Å². The van der Waals surface area contributed by atoms with Gasteiger partial charge in [-0.05, 0) is 17.5 Å². The molecular weight excluding hydrogens is 248 g/mol. The van der Waals surface area contributed by atoms with Crippen molar-refractivity contribution in [2.75, 3.05) is 0 Å². The van der Waals surface area contributed by atoms with E-state index < -0.39 is 0 Å². The van der Waals surface area contributed by atoms with E-state index in [4.69, 9.17) is 16.3 Å². The number of hydrogen-bond acceptors (Lipinski definition) is 3. The van der Waals surface area contributed by atoms with Crippen molar-refractivity contribution in [1.29, 1.82) is 0 Å². The first-order chi connectivity index (χ1) is 8.83. The molecule has 0 atom stereocenters. The minimum absolute atomic E-state index is 0.363. The van der Waals surface area contributed by atoms with Gasteiger partial charge >= 0.3 is 0 Å². The van der Waals surface area contributed by atoms with Crippen LogP contribution in [0.2, 0.25) is 5.02 Å². The smallest absolute Gasteiger partial charge is 0.240 e. The van der Waals surface area contributed by atoms with Gasteiger partial charge in [0, 0.05) is 23.8 Å². The Kier molecular flexibility index (Phi) is 2.82. The van der Waals surface area contributed by atoms with Crippen LogP contribution in [0.3, 0.4) is 0 Å². The molecule has 3 aromatic rings. The Balaban J connectivity index is 1.98. The van der Waals surface area contributed by atoms with E-state index in [1.54, 1.807) is 24.5 Å². The van der Waals surface area contributed by atoms with Gasteiger partial charge in [-0.3, -0.25) is 0 Å². The molecule has 2 aromatic heterocycles. The molecule has 4 heteroatoms. The van der Waals surface area contributed by atoms with Crippen LogP contribution in [0.5, 0.6) is 11.8 Å². The molecule has 0 N–H and O–H groups in total. The van der Waals surface area contributed by atoms with Gasteiger partial charge in [0.15, 0.2) is 0 Å². The molecule has 3 rings (SSSR count). The van der Waals surface area contributed by atoms with Crippen LogP contribution < -0.4 is 4.74 Å². The summed E-state index contributed by atoms with van der Waals surface area (Å²) in [5.74, 6) is 0.844. The Bertz CT molecular complexity index is 700. The van der Waals surface area contributed by atoms with Crippen molar-refractivity contribution < 1.29 is 4.74 Å². The summed E-state index contributed by atoms with van der Waals surface area (Å²) in [6, 6.07) is 13.3. The molecule has 18 heavy (non-hydrogen) atoms. The van der Waals surface area contributed by atoms with Crippen LogP contribution in [0, 0.1) is 0 Å². The quantitative estimate of drug-likeness (QED) is 0.693. The largest absolute Gasteiger partial charge is 0.419 e. The van der Waals surface area contributed by atoms with E-state index in [1.165, 1.54) is 0 Å². The van der Waals surface area contributed by atoms with E-state index in [-0.39, 0.29) is 0 Å². The van der Waals surface area contributed by atoms with Crippen molar-refractivity contribution in [3.8, 4) is 11.8 Å². The summed E-state index contributed by atoms with van der Waals surface area (Å²) >= 11 is 5.98. The molecule has 0 unspecified atom stereocenters. The Hall–Kier alpha value is -2.13. The number of nitrogens with zero attached hydrogens (tertiary/aromatic N) is 2. The van der Waals surface area contributed by atoms with Gasteiger partial charge < -0.3 is 4.74 Å². The molecule has 88 valence electrons. The highest BCUT2D eigenvalue weighted by Gasteiger charge is 2.05. The third-order valence-electron chi connectivity index (χ3n) is 2.53. The van der Waals surface area contributed by atoms with Crippen LogP contribution in [-0.4, -0.2) is 9.97 Å². The van der Waals surface area contributed by atoms with Crippen molar-refractivity contribution >= 4 is 22.4 Å². The number of fused-ring (bicyclic) bond motifs is 1. The van der Waals surface area contributed by atoms with Gasteiger partial charge in [0.2, 0.25) is 11.8 Å². The highest BCUT2D eigenvalue weighted by atomic mass is 35.5. The van der Waals surface area contributed by atoms with Crippen molar-refractivity contribution in [1.82, 2.24) is 9.97 Å². The topological polar surface area (TPSA) is 35.0 Å². The molecule has 0 aliphatic heterocycles. The maximum absolute atomic E-state index is 5.98. The lowest BCUT2D eigenvalue weighted by Gasteiger charge is -2.05. The fraction of sp³-hybridized carbons (Fsp3) is 0. The zero-order valence-corrected chi connectivity index (χ0v) is 10.1. The van der Waals surface area contributed by atoms with Crippen molar-refractivity contribution in [3.63, 3.8) is 0 Å². The van der Waals surface area contributed by atoms with Crippen LogP contribution in [0.1, 0.15) is 0 Å². The third-order valence-corrected chi connectivity index (χ3v) is 2.82. The molecule has 0 fully saturated rings. The fourth-order valence-electron chi connectivity index (χ4n) is 1.66. The summed E-state index contributed by atoms with van der Waals surface area (Å²) in [7, 11) is 0. The van der Waals surface area contributed by atoms with E-state index in [9.17, 15) is 0 Å². The molecule has 2 heterocycles. The summed E-state index contributed by atoms with van der Waals surface area (Å²) in [6.45, 7) is 0. The first-order valence-electron chi connectivity index (χ1n) is 5.46. The highest BCUT2D eigenvalue weighted by Crippen LogP contribution is 2.26. The maximum Gasteiger partial charge on any atom is 0.240 e. The first-order valence-corrected chi connectivity index (χ1v) is 5.84. The lowest BCUT2D eigenvalue weighted by Crippen LogP contribution is -1.90. The van der Waals surface area contributed by atoms with Crippen LogP contribution in [-0.2, 0) is 0 Å². The molecule has 3 nitrogen and oxygen atoms in total. The predicted molar refractivity (Wildman–Crippen MR) is 71.1 cm³/mol. The maximum atomic E-state index is 5.98. The van der Waals surface area contributed by atoms with Crippen LogP contribution in [0.25, 0.3) is 10.8 Å². The van der Waals surface area contributed by atoms with Gasteiger partial charge in [0.05, 0.1) is 0 Å². The van der Waals surface area contributed by atoms with E-state index in [2.05, 4.69) is 9.97 Å². The molecule has 0 bridgehead atoms. The highest BCUT2D eigenvalue weighted by molar-refractivity contribution is 6.31. The van der Waals surface area contributed by atoms with Crippen molar-refractivity contribution in [3.05, 3.63) is 59.9 Å². The number of aromatic nitrogens is 2. The van der Waals surface area contributed by atoms with Gasteiger partial charge in [0.1, 0.15) is 5.02 Å². The molecule has 0 aliphatic rings. The minimum Gasteiger partial charge on any atom is -0.419 e. The number of ether oxygens (including phenoxy) is 1. The first kappa shape index (κ1) is 11.0. The third kappa shape index (κ3) is 2.13. The second-order valence-electron chi connectivity index (χ2n) is 3.76. The van der Waals surface area contributed by atoms with E-state index in [0.29, 0.717) is 16.8 Å². The lowest BCUT2D eigenvalue weighted by molar-refractivity contribution is 0.446. The molecule has 0 radical (unpaired) electrons. The Morgan fingerprint density at radius 2 is 1.78 bits per heavy atom. The number of rotatable bonds is 2. The second kappa shape index (κ2) is 4.63. The van der Waals surface area contributed by atoms with Gasteiger partial charge in [-0.25, -0.2) is 9.97 Å². The summed E-state index contributed by atoms with van der Waals surface area (Å²) in [6.07, 6.45) is 3.39. The molecule has 0 saturated heterocycles. The number of hydrogen-bond donors (Lipinski definition) is 0. The van der Waals surface area contributed by atoms with E-state index >= 15 is 0 Å². The van der Waals surface area contributed by atoms with Gasteiger partial charge in [0.25, 0.3) is 0 Å². The summed E-state index contributed by atoms with van der Waals surface area (Å²) < 4.78 is 5.56. The Morgan fingerprint density at radius 3 is 2.61 bits per heavy atom. The molecule has 0 aliphatic carbocycles. The average molecular weight is 257 g/mol. The van der Waals surface area contributed by atoms with Crippen molar-refractivity contribution in [2.24, 2.45) is 0 Å². The standard InChI is InChI=1S/C14H9ClN2O/c15-12-6-3-7-16-14(12)18-13-8-10-4-1-2-5-11(10)9-17-13/h1-9H. The number of benzene rings is 1. The lowest BCUT2D eigenvalue weighted by atomic mass is 10.2. The average Bonchev–Trinajstić information content (AvgIpc) is 2.41. The molecule has 0 amide bonds. The minimum atomic E-state index is 0.363. The second-order valence-corrected chi connectivity index (χ2v) is 4.17. The van der Waals surface area contributed by atoms with E-state index in [1.807, 2.05) is 30.3 Å². The summed E-state index contributed by atoms with van der Waals surface area (Å²) in [5, 5.41) is 2.60. The Morgan fingerprint density at radius 1 is 0.944 bits per heavy atom. The summed E-state index contributed by atoms with van der Waals surface area (Å²) in [5.41, 5.74) is 0. The van der Waals surface area contributed by atoms with Crippen LogP contribution in [0.15, 0.2) is 54.9 Å². The zero-order chi connectivity index (χ0) is 12.4. The van der Waals surface area contributed by atoms with E-state index in [0.717, 1.165) is 10.8 Å².